The van der Waals surface area contributed by atoms with Crippen molar-refractivity contribution >= 4 is 11.0 Å². The second-order valence-electron chi connectivity index (χ2n) is 3.05. The van der Waals surface area contributed by atoms with Gasteiger partial charge in [-0.1, -0.05) is 0 Å². The Morgan fingerprint density at radius 1 is 1.21 bits per heavy atom. The minimum absolute atomic E-state index is 0.497. The zero-order chi connectivity index (χ0) is 9.97. The standard InChI is InChI=1S/C11H12O3/c1-12-7-10-6-8-5-9(13-2)3-4-11(8)14-10/h3-6H,7H2,1-2H3. The lowest BCUT2D eigenvalue weighted by atomic mass is 10.2. The Labute approximate surface area is 82.2 Å². The average Bonchev–Trinajstić information content (AvgIpc) is 2.59. The van der Waals surface area contributed by atoms with Crippen molar-refractivity contribution in [1.29, 1.82) is 0 Å². The zero-order valence-corrected chi connectivity index (χ0v) is 8.24. The van der Waals surface area contributed by atoms with Gasteiger partial charge in [-0.05, 0) is 24.3 Å². The number of benzene rings is 1. The molecule has 0 unspecified atom stereocenters. The van der Waals surface area contributed by atoms with Crippen molar-refractivity contribution in [2.45, 2.75) is 6.61 Å². The molecule has 0 bridgehead atoms. The highest BCUT2D eigenvalue weighted by molar-refractivity contribution is 5.79. The number of hydrogen-bond donors (Lipinski definition) is 0. The highest BCUT2D eigenvalue weighted by Crippen LogP contribution is 2.24. The molecule has 0 saturated carbocycles. The van der Waals surface area contributed by atoms with Gasteiger partial charge in [0.1, 0.15) is 23.7 Å². The lowest BCUT2D eigenvalue weighted by Gasteiger charge is -1.96. The molecule has 14 heavy (non-hydrogen) atoms. The Kier molecular flexibility index (Phi) is 2.41. The first-order valence-electron chi connectivity index (χ1n) is 4.39. The van der Waals surface area contributed by atoms with E-state index in [-0.39, 0.29) is 0 Å². The van der Waals surface area contributed by atoms with E-state index < -0.39 is 0 Å². The first kappa shape index (κ1) is 9.09. The molecule has 0 spiro atoms. The van der Waals surface area contributed by atoms with Crippen LogP contribution in [0.3, 0.4) is 0 Å². The summed E-state index contributed by atoms with van der Waals surface area (Å²) in [5.74, 6) is 1.66. The van der Waals surface area contributed by atoms with Gasteiger partial charge in [-0.25, -0.2) is 0 Å². The predicted octanol–water partition coefficient (Wildman–Crippen LogP) is 2.59. The summed E-state index contributed by atoms with van der Waals surface area (Å²) in [7, 11) is 3.30. The Morgan fingerprint density at radius 3 is 2.79 bits per heavy atom. The van der Waals surface area contributed by atoms with Crippen molar-refractivity contribution in [2.24, 2.45) is 0 Å². The van der Waals surface area contributed by atoms with Crippen LogP contribution in [0.25, 0.3) is 11.0 Å². The van der Waals surface area contributed by atoms with Crippen LogP contribution < -0.4 is 4.74 Å². The summed E-state index contributed by atoms with van der Waals surface area (Å²) < 4.78 is 15.6. The summed E-state index contributed by atoms with van der Waals surface area (Å²) in [6.45, 7) is 0.497. The molecule has 3 nitrogen and oxygen atoms in total. The maximum Gasteiger partial charge on any atom is 0.134 e. The highest BCUT2D eigenvalue weighted by Gasteiger charge is 2.03. The average molecular weight is 192 g/mol. The third kappa shape index (κ3) is 1.59. The van der Waals surface area contributed by atoms with Crippen LogP contribution in [0.1, 0.15) is 5.76 Å². The molecule has 2 rings (SSSR count). The maximum atomic E-state index is 5.53. The van der Waals surface area contributed by atoms with E-state index in [0.717, 1.165) is 22.5 Å². The fourth-order valence-electron chi connectivity index (χ4n) is 1.42. The summed E-state index contributed by atoms with van der Waals surface area (Å²) >= 11 is 0. The van der Waals surface area contributed by atoms with Gasteiger partial charge in [0.05, 0.1) is 7.11 Å². The van der Waals surface area contributed by atoms with E-state index in [1.807, 2.05) is 24.3 Å². The largest absolute Gasteiger partial charge is 0.497 e. The smallest absolute Gasteiger partial charge is 0.134 e. The van der Waals surface area contributed by atoms with Crippen LogP contribution >= 0.6 is 0 Å². The first-order chi connectivity index (χ1) is 6.83. The number of methoxy groups -OCH3 is 2. The molecule has 74 valence electrons. The second-order valence-corrected chi connectivity index (χ2v) is 3.05. The van der Waals surface area contributed by atoms with E-state index >= 15 is 0 Å². The molecule has 0 amide bonds. The number of fused-ring (bicyclic) bond motifs is 1. The molecular formula is C11H12O3. The number of rotatable bonds is 3. The normalized spacial score (nSPS) is 10.7. The van der Waals surface area contributed by atoms with Gasteiger partial charge in [-0.2, -0.15) is 0 Å². The Hall–Kier alpha value is -1.48. The molecule has 0 aliphatic heterocycles. The van der Waals surface area contributed by atoms with Crippen molar-refractivity contribution in [2.75, 3.05) is 14.2 Å². The van der Waals surface area contributed by atoms with E-state index in [4.69, 9.17) is 13.9 Å². The molecule has 0 aliphatic rings. The molecule has 0 N–H and O–H groups in total. The molecule has 0 aliphatic carbocycles. The summed E-state index contributed by atoms with van der Waals surface area (Å²) in [5, 5.41) is 1.04. The van der Waals surface area contributed by atoms with Gasteiger partial charge >= 0.3 is 0 Å². The fourth-order valence-corrected chi connectivity index (χ4v) is 1.42. The van der Waals surface area contributed by atoms with Crippen LogP contribution in [-0.4, -0.2) is 14.2 Å². The molecule has 3 heteroatoms. The number of ether oxygens (including phenoxy) is 2. The quantitative estimate of drug-likeness (QED) is 0.749. The van der Waals surface area contributed by atoms with Crippen molar-refractivity contribution in [3.8, 4) is 5.75 Å². The highest BCUT2D eigenvalue weighted by atomic mass is 16.5. The van der Waals surface area contributed by atoms with E-state index in [9.17, 15) is 0 Å². The maximum absolute atomic E-state index is 5.53. The summed E-state index contributed by atoms with van der Waals surface area (Å²) in [6, 6.07) is 7.68. The third-order valence-electron chi connectivity index (χ3n) is 2.06. The minimum Gasteiger partial charge on any atom is -0.497 e. The molecular weight excluding hydrogens is 180 g/mol. The van der Waals surface area contributed by atoms with Gasteiger partial charge in [-0.15, -0.1) is 0 Å². The van der Waals surface area contributed by atoms with Gasteiger partial charge < -0.3 is 13.9 Å². The van der Waals surface area contributed by atoms with Crippen LogP contribution in [-0.2, 0) is 11.3 Å². The second kappa shape index (κ2) is 3.72. The molecule has 0 radical (unpaired) electrons. The lowest BCUT2D eigenvalue weighted by molar-refractivity contribution is 0.166. The molecule has 2 aromatic rings. The Balaban J connectivity index is 2.43. The summed E-state index contributed by atoms with van der Waals surface area (Å²) in [5.41, 5.74) is 0.859. The van der Waals surface area contributed by atoms with Gasteiger partial charge in [0, 0.05) is 12.5 Å². The third-order valence-corrected chi connectivity index (χ3v) is 2.06. The molecule has 1 aromatic heterocycles. The summed E-state index contributed by atoms with van der Waals surface area (Å²) in [6.07, 6.45) is 0. The van der Waals surface area contributed by atoms with Crippen LogP contribution in [0.15, 0.2) is 28.7 Å². The van der Waals surface area contributed by atoms with Crippen molar-refractivity contribution in [1.82, 2.24) is 0 Å². The van der Waals surface area contributed by atoms with E-state index in [1.165, 1.54) is 0 Å². The van der Waals surface area contributed by atoms with Crippen LogP contribution in [0, 0.1) is 0 Å². The zero-order valence-electron chi connectivity index (χ0n) is 8.24. The topological polar surface area (TPSA) is 31.6 Å². The van der Waals surface area contributed by atoms with Crippen molar-refractivity contribution in [3.63, 3.8) is 0 Å². The summed E-state index contributed by atoms with van der Waals surface area (Å²) in [4.78, 5) is 0. The van der Waals surface area contributed by atoms with E-state index in [2.05, 4.69) is 0 Å². The van der Waals surface area contributed by atoms with Crippen LogP contribution in [0.4, 0.5) is 0 Å². The van der Waals surface area contributed by atoms with E-state index in [1.54, 1.807) is 14.2 Å². The van der Waals surface area contributed by atoms with Crippen molar-refractivity contribution < 1.29 is 13.9 Å². The molecule has 1 aromatic carbocycles. The molecule has 0 saturated heterocycles. The van der Waals surface area contributed by atoms with Gasteiger partial charge in [0.15, 0.2) is 0 Å². The molecule has 0 atom stereocenters. The number of hydrogen-bond acceptors (Lipinski definition) is 3. The number of furan rings is 1. The van der Waals surface area contributed by atoms with Gasteiger partial charge in [-0.3, -0.25) is 0 Å². The molecule has 0 fully saturated rings. The predicted molar refractivity (Wildman–Crippen MR) is 53.5 cm³/mol. The van der Waals surface area contributed by atoms with Crippen molar-refractivity contribution in [3.05, 3.63) is 30.0 Å². The molecule has 1 heterocycles. The lowest BCUT2D eigenvalue weighted by Crippen LogP contribution is -1.81. The Bertz CT molecular complexity index is 431. The van der Waals surface area contributed by atoms with Gasteiger partial charge in [0.2, 0.25) is 0 Å². The van der Waals surface area contributed by atoms with Crippen LogP contribution in [0.5, 0.6) is 5.75 Å². The minimum atomic E-state index is 0.497. The SMILES string of the molecule is COCc1cc2cc(OC)ccc2o1. The Morgan fingerprint density at radius 2 is 2.07 bits per heavy atom. The first-order valence-corrected chi connectivity index (χ1v) is 4.39. The van der Waals surface area contributed by atoms with E-state index in [0.29, 0.717) is 6.61 Å². The fraction of sp³-hybridized carbons (Fsp3) is 0.273. The monoisotopic (exact) mass is 192 g/mol. The van der Waals surface area contributed by atoms with Gasteiger partial charge in [0.25, 0.3) is 0 Å². The van der Waals surface area contributed by atoms with Crippen LogP contribution in [0.2, 0.25) is 0 Å².